The van der Waals surface area contributed by atoms with Gasteiger partial charge in [-0.05, 0) is 44.1 Å². The van der Waals surface area contributed by atoms with Crippen LogP contribution < -0.4 is 5.32 Å². The van der Waals surface area contributed by atoms with Crippen LogP contribution in [0.2, 0.25) is 0 Å². The first-order valence-electron chi connectivity index (χ1n) is 8.05. The summed E-state index contributed by atoms with van der Waals surface area (Å²) >= 11 is 0. The first kappa shape index (κ1) is 14.3. The fraction of sp³-hybridized carbons (Fsp3) is 0.263. The van der Waals surface area contributed by atoms with Gasteiger partial charge in [0.1, 0.15) is 11.6 Å². The molecule has 0 radical (unpaired) electrons. The lowest BCUT2D eigenvalue weighted by atomic mass is 9.96. The summed E-state index contributed by atoms with van der Waals surface area (Å²) in [6.45, 7) is 1.96. The van der Waals surface area contributed by atoms with Crippen molar-refractivity contribution in [1.82, 2.24) is 15.3 Å². The second-order valence-corrected chi connectivity index (χ2v) is 5.95. The molecule has 2 heterocycles. The number of aromatic nitrogens is 2. The fourth-order valence-corrected chi connectivity index (χ4v) is 3.22. The smallest absolute Gasteiger partial charge is 0.132 e. The summed E-state index contributed by atoms with van der Waals surface area (Å²) < 4.78 is 14.3. The van der Waals surface area contributed by atoms with Crippen LogP contribution in [0.5, 0.6) is 0 Å². The Morgan fingerprint density at radius 3 is 2.48 bits per heavy atom. The van der Waals surface area contributed by atoms with Crippen LogP contribution in [0.1, 0.15) is 24.6 Å². The van der Waals surface area contributed by atoms with Gasteiger partial charge in [-0.15, -0.1) is 0 Å². The number of halogens is 1. The second kappa shape index (κ2) is 6.05. The molecule has 4 heteroatoms. The Balaban J connectivity index is 1.92. The van der Waals surface area contributed by atoms with E-state index in [1.807, 2.05) is 30.3 Å². The first-order chi connectivity index (χ1) is 11.3. The molecule has 4 rings (SSSR count). The lowest BCUT2D eigenvalue weighted by Crippen LogP contribution is -2.27. The van der Waals surface area contributed by atoms with E-state index >= 15 is 0 Å². The standard InChI is InChI=1S/C19H18FN3/c20-16-7-3-1-5-14(16)18-15-6-2-4-8-17(15)22-19(23-18)13-9-11-21-12-10-13/h1-8,13,21H,9-12H2. The van der Waals surface area contributed by atoms with Crippen molar-refractivity contribution in [2.24, 2.45) is 0 Å². The van der Waals surface area contributed by atoms with E-state index < -0.39 is 0 Å². The Morgan fingerprint density at radius 1 is 0.913 bits per heavy atom. The maximum Gasteiger partial charge on any atom is 0.132 e. The van der Waals surface area contributed by atoms with Crippen molar-refractivity contribution < 1.29 is 4.39 Å². The molecule has 1 aliphatic heterocycles. The fourth-order valence-electron chi connectivity index (χ4n) is 3.22. The Kier molecular flexibility index (Phi) is 3.75. The predicted molar refractivity (Wildman–Crippen MR) is 89.8 cm³/mol. The molecule has 3 aromatic rings. The number of benzene rings is 2. The monoisotopic (exact) mass is 307 g/mol. The van der Waals surface area contributed by atoms with Crippen LogP contribution in [0, 0.1) is 5.82 Å². The first-order valence-corrected chi connectivity index (χ1v) is 8.05. The van der Waals surface area contributed by atoms with Gasteiger partial charge in [0.15, 0.2) is 0 Å². The quantitative estimate of drug-likeness (QED) is 0.780. The highest BCUT2D eigenvalue weighted by Crippen LogP contribution is 2.31. The Morgan fingerprint density at radius 2 is 1.65 bits per heavy atom. The van der Waals surface area contributed by atoms with E-state index in [2.05, 4.69) is 5.32 Å². The van der Waals surface area contributed by atoms with Crippen molar-refractivity contribution in [3.8, 4) is 11.3 Å². The highest BCUT2D eigenvalue weighted by molar-refractivity contribution is 5.92. The van der Waals surface area contributed by atoms with E-state index in [1.54, 1.807) is 12.1 Å². The lowest BCUT2D eigenvalue weighted by Gasteiger charge is -2.22. The van der Waals surface area contributed by atoms with Crippen molar-refractivity contribution in [3.05, 3.63) is 60.2 Å². The average Bonchev–Trinajstić information content (AvgIpc) is 2.62. The molecule has 0 amide bonds. The predicted octanol–water partition coefficient (Wildman–Crippen LogP) is 3.90. The van der Waals surface area contributed by atoms with Gasteiger partial charge >= 0.3 is 0 Å². The molecule has 116 valence electrons. The lowest BCUT2D eigenvalue weighted by molar-refractivity contribution is 0.446. The number of hydrogen-bond acceptors (Lipinski definition) is 3. The third-order valence-electron chi connectivity index (χ3n) is 4.45. The number of nitrogens with one attached hydrogen (secondary N) is 1. The maximum atomic E-state index is 14.3. The van der Waals surface area contributed by atoms with Crippen LogP contribution in [-0.2, 0) is 0 Å². The number of rotatable bonds is 2. The minimum atomic E-state index is -0.243. The zero-order chi connectivity index (χ0) is 15.6. The van der Waals surface area contributed by atoms with Crippen LogP contribution in [0.3, 0.4) is 0 Å². The number of para-hydroxylation sites is 1. The highest BCUT2D eigenvalue weighted by atomic mass is 19.1. The van der Waals surface area contributed by atoms with Gasteiger partial charge < -0.3 is 5.32 Å². The highest BCUT2D eigenvalue weighted by Gasteiger charge is 2.21. The van der Waals surface area contributed by atoms with Crippen LogP contribution in [0.15, 0.2) is 48.5 Å². The molecule has 2 aromatic carbocycles. The van der Waals surface area contributed by atoms with Crippen LogP contribution in [0.25, 0.3) is 22.2 Å². The minimum Gasteiger partial charge on any atom is -0.317 e. The molecular formula is C19H18FN3. The Bertz CT molecular complexity index is 841. The van der Waals surface area contributed by atoms with Gasteiger partial charge in [0.2, 0.25) is 0 Å². The summed E-state index contributed by atoms with van der Waals surface area (Å²) in [4.78, 5) is 9.53. The van der Waals surface area contributed by atoms with E-state index in [1.165, 1.54) is 6.07 Å². The van der Waals surface area contributed by atoms with E-state index in [9.17, 15) is 4.39 Å². The molecule has 0 bridgehead atoms. The third-order valence-corrected chi connectivity index (χ3v) is 4.45. The molecular weight excluding hydrogens is 289 g/mol. The van der Waals surface area contributed by atoms with Gasteiger partial charge in [0, 0.05) is 16.9 Å². The third kappa shape index (κ3) is 2.70. The SMILES string of the molecule is Fc1ccccc1-c1nc(C2CCNCC2)nc2ccccc12. The summed E-state index contributed by atoms with van der Waals surface area (Å²) in [5.41, 5.74) is 2.12. The molecule has 23 heavy (non-hydrogen) atoms. The van der Waals surface area contributed by atoms with Crippen molar-refractivity contribution in [2.45, 2.75) is 18.8 Å². The van der Waals surface area contributed by atoms with Crippen molar-refractivity contribution in [2.75, 3.05) is 13.1 Å². The molecule has 0 saturated carbocycles. The van der Waals surface area contributed by atoms with Gasteiger partial charge in [0.25, 0.3) is 0 Å². The number of hydrogen-bond donors (Lipinski definition) is 1. The average molecular weight is 307 g/mol. The normalized spacial score (nSPS) is 15.9. The number of nitrogens with zero attached hydrogens (tertiary/aromatic N) is 2. The van der Waals surface area contributed by atoms with E-state index in [-0.39, 0.29) is 5.82 Å². The molecule has 0 unspecified atom stereocenters. The minimum absolute atomic E-state index is 0.243. The van der Waals surface area contributed by atoms with Gasteiger partial charge in [0.05, 0.1) is 11.2 Å². The van der Waals surface area contributed by atoms with Crippen LogP contribution >= 0.6 is 0 Å². The summed E-state index contributed by atoms with van der Waals surface area (Å²) in [6.07, 6.45) is 2.05. The van der Waals surface area contributed by atoms with Crippen LogP contribution in [0.4, 0.5) is 4.39 Å². The number of piperidine rings is 1. The molecule has 1 saturated heterocycles. The number of fused-ring (bicyclic) bond motifs is 1. The summed E-state index contributed by atoms with van der Waals surface area (Å²) in [5.74, 6) is 0.933. The molecule has 1 aromatic heterocycles. The van der Waals surface area contributed by atoms with Gasteiger partial charge in [-0.1, -0.05) is 30.3 Å². The van der Waals surface area contributed by atoms with Crippen molar-refractivity contribution >= 4 is 10.9 Å². The topological polar surface area (TPSA) is 37.8 Å². The molecule has 1 aliphatic rings. The molecule has 1 N–H and O–H groups in total. The molecule has 3 nitrogen and oxygen atoms in total. The van der Waals surface area contributed by atoms with Gasteiger partial charge in [-0.3, -0.25) is 0 Å². The van der Waals surface area contributed by atoms with E-state index in [0.29, 0.717) is 17.2 Å². The Hall–Kier alpha value is -2.33. The summed E-state index contributed by atoms with van der Waals surface area (Å²) in [6, 6.07) is 14.7. The van der Waals surface area contributed by atoms with E-state index in [4.69, 9.17) is 9.97 Å². The Labute approximate surface area is 134 Å². The van der Waals surface area contributed by atoms with E-state index in [0.717, 1.165) is 42.7 Å². The van der Waals surface area contributed by atoms with Gasteiger partial charge in [-0.25, -0.2) is 14.4 Å². The zero-order valence-corrected chi connectivity index (χ0v) is 12.8. The molecule has 0 aliphatic carbocycles. The molecule has 1 fully saturated rings. The van der Waals surface area contributed by atoms with Crippen LogP contribution in [-0.4, -0.2) is 23.1 Å². The molecule has 0 spiro atoms. The summed E-state index contributed by atoms with van der Waals surface area (Å²) in [5, 5.41) is 4.26. The zero-order valence-electron chi connectivity index (χ0n) is 12.8. The van der Waals surface area contributed by atoms with Gasteiger partial charge in [-0.2, -0.15) is 0 Å². The second-order valence-electron chi connectivity index (χ2n) is 5.95. The summed E-state index contributed by atoms with van der Waals surface area (Å²) in [7, 11) is 0. The van der Waals surface area contributed by atoms with Crippen molar-refractivity contribution in [1.29, 1.82) is 0 Å². The maximum absolute atomic E-state index is 14.3. The molecule has 0 atom stereocenters. The van der Waals surface area contributed by atoms with Crippen molar-refractivity contribution in [3.63, 3.8) is 0 Å². The largest absolute Gasteiger partial charge is 0.317 e.